The molecule has 1 aromatic carbocycles. The monoisotopic (exact) mass is 424 g/mol. The van der Waals surface area contributed by atoms with E-state index < -0.39 is 0 Å². The lowest BCUT2D eigenvalue weighted by Crippen LogP contribution is -2.35. The average Bonchev–Trinajstić information content (AvgIpc) is 2.69. The number of benzene rings is 1. The van der Waals surface area contributed by atoms with Crippen LogP contribution in [0.5, 0.6) is 5.75 Å². The first-order valence-corrected chi connectivity index (χ1v) is 12.5. The van der Waals surface area contributed by atoms with Gasteiger partial charge in [0.1, 0.15) is 12.4 Å². The molecule has 3 nitrogen and oxygen atoms in total. The van der Waals surface area contributed by atoms with E-state index in [0.29, 0.717) is 12.1 Å². The molecular weight excluding hydrogens is 376 g/mol. The zero-order valence-electron chi connectivity index (χ0n) is 20.5. The third-order valence-corrected chi connectivity index (χ3v) is 4.94. The summed E-state index contributed by atoms with van der Waals surface area (Å²) in [5, 5.41) is 0. The molecule has 0 bridgehead atoms. The highest BCUT2D eigenvalue weighted by molar-refractivity contribution is 7.98. The molecule has 170 valence electrons. The molecule has 1 aromatic rings. The van der Waals surface area contributed by atoms with Gasteiger partial charge in [-0.25, -0.2) is 0 Å². The van der Waals surface area contributed by atoms with Crippen LogP contribution in [0.4, 0.5) is 0 Å². The SMILES string of the molecule is C=CC.CCCN(CCOc1ccccc1)C(C)C.CCN(CCSC)C(C)C. The van der Waals surface area contributed by atoms with Crippen LogP contribution in [0.15, 0.2) is 43.0 Å². The van der Waals surface area contributed by atoms with Crippen LogP contribution in [0.1, 0.15) is 54.9 Å². The molecule has 0 heterocycles. The van der Waals surface area contributed by atoms with Crippen LogP contribution in [0.25, 0.3) is 0 Å². The van der Waals surface area contributed by atoms with E-state index in [4.69, 9.17) is 4.74 Å². The van der Waals surface area contributed by atoms with Crippen molar-refractivity contribution in [1.82, 2.24) is 9.80 Å². The molecule has 0 N–H and O–H groups in total. The quantitative estimate of drug-likeness (QED) is 0.358. The van der Waals surface area contributed by atoms with Gasteiger partial charge in [0.2, 0.25) is 0 Å². The summed E-state index contributed by atoms with van der Waals surface area (Å²) in [5.74, 6) is 2.22. The molecular formula is C25H48N2OS. The Balaban J connectivity index is 0. The van der Waals surface area contributed by atoms with Crippen LogP contribution in [0.2, 0.25) is 0 Å². The Morgan fingerprint density at radius 3 is 1.93 bits per heavy atom. The molecule has 0 aromatic heterocycles. The number of ether oxygens (including phenoxy) is 1. The molecule has 0 unspecified atom stereocenters. The zero-order chi connectivity index (χ0) is 22.5. The van der Waals surface area contributed by atoms with Crippen LogP contribution >= 0.6 is 11.8 Å². The van der Waals surface area contributed by atoms with E-state index in [2.05, 4.69) is 64.2 Å². The summed E-state index contributed by atoms with van der Waals surface area (Å²) in [6.45, 7) is 24.0. The van der Waals surface area contributed by atoms with Crippen LogP contribution < -0.4 is 4.74 Å². The van der Waals surface area contributed by atoms with E-state index in [1.807, 2.05) is 49.0 Å². The normalized spacial score (nSPS) is 10.5. The Kier molecular flexibility index (Phi) is 22.7. The number of allylic oxidation sites excluding steroid dienone is 1. The van der Waals surface area contributed by atoms with Crippen molar-refractivity contribution in [2.75, 3.05) is 44.8 Å². The number of para-hydroxylation sites is 1. The van der Waals surface area contributed by atoms with Crippen molar-refractivity contribution in [1.29, 1.82) is 0 Å². The maximum atomic E-state index is 5.69. The van der Waals surface area contributed by atoms with Gasteiger partial charge in [-0.2, -0.15) is 11.8 Å². The Labute approximate surface area is 186 Å². The van der Waals surface area contributed by atoms with Gasteiger partial charge in [0.15, 0.2) is 0 Å². The summed E-state index contributed by atoms with van der Waals surface area (Å²) in [7, 11) is 0. The fourth-order valence-corrected chi connectivity index (χ4v) is 3.12. The number of nitrogens with zero attached hydrogens (tertiary/aromatic N) is 2. The molecule has 0 fully saturated rings. The lowest BCUT2D eigenvalue weighted by atomic mass is 10.3. The zero-order valence-corrected chi connectivity index (χ0v) is 21.3. The van der Waals surface area contributed by atoms with Gasteiger partial charge in [0.25, 0.3) is 0 Å². The van der Waals surface area contributed by atoms with Crippen molar-refractivity contribution in [3.63, 3.8) is 0 Å². The second-order valence-corrected chi connectivity index (χ2v) is 8.40. The van der Waals surface area contributed by atoms with Gasteiger partial charge in [-0.15, -0.1) is 6.58 Å². The van der Waals surface area contributed by atoms with E-state index in [0.717, 1.165) is 25.4 Å². The predicted octanol–water partition coefficient (Wildman–Crippen LogP) is 6.46. The predicted molar refractivity (Wildman–Crippen MR) is 136 cm³/mol. The van der Waals surface area contributed by atoms with Crippen LogP contribution in [-0.2, 0) is 0 Å². The van der Waals surface area contributed by atoms with E-state index in [1.54, 1.807) is 6.08 Å². The number of rotatable bonds is 12. The second kappa shape index (κ2) is 21.7. The first-order chi connectivity index (χ1) is 13.9. The highest BCUT2D eigenvalue weighted by atomic mass is 32.2. The minimum atomic E-state index is 0.597. The molecule has 0 aliphatic carbocycles. The standard InChI is InChI=1S/C14H23NO.C8H19NS.C3H6/c1-4-10-15(13(2)3)11-12-16-14-8-6-5-7-9-14;1-5-9(8(2)3)6-7-10-4;1-3-2/h5-9,13H,4,10-12H2,1-3H3;8H,5-7H2,1-4H3;3H,1H2,2H3. The summed E-state index contributed by atoms with van der Waals surface area (Å²) < 4.78 is 5.69. The van der Waals surface area contributed by atoms with Crippen LogP contribution in [0, 0.1) is 0 Å². The molecule has 1 rings (SSSR count). The third kappa shape index (κ3) is 18.8. The Hall–Kier alpha value is -0.970. The van der Waals surface area contributed by atoms with Crippen molar-refractivity contribution in [3.8, 4) is 5.75 Å². The van der Waals surface area contributed by atoms with Gasteiger partial charge in [-0.05, 0) is 72.5 Å². The molecule has 0 saturated carbocycles. The molecule has 0 radical (unpaired) electrons. The van der Waals surface area contributed by atoms with E-state index >= 15 is 0 Å². The van der Waals surface area contributed by atoms with Crippen molar-refractivity contribution < 1.29 is 4.74 Å². The minimum absolute atomic E-state index is 0.597. The summed E-state index contributed by atoms with van der Waals surface area (Å²) in [6, 6.07) is 11.3. The summed E-state index contributed by atoms with van der Waals surface area (Å²) in [5.41, 5.74) is 0. The molecule has 0 aliphatic rings. The highest BCUT2D eigenvalue weighted by Crippen LogP contribution is 2.08. The first-order valence-electron chi connectivity index (χ1n) is 11.1. The molecule has 0 aliphatic heterocycles. The van der Waals surface area contributed by atoms with Gasteiger partial charge >= 0.3 is 0 Å². The number of hydrogen-bond donors (Lipinski definition) is 0. The molecule has 29 heavy (non-hydrogen) atoms. The fourth-order valence-electron chi connectivity index (χ4n) is 2.70. The fraction of sp³-hybridized carbons (Fsp3) is 0.680. The lowest BCUT2D eigenvalue weighted by Gasteiger charge is -2.25. The van der Waals surface area contributed by atoms with Gasteiger partial charge in [-0.1, -0.05) is 38.1 Å². The number of thioether (sulfide) groups is 1. The smallest absolute Gasteiger partial charge is 0.119 e. The lowest BCUT2D eigenvalue weighted by molar-refractivity contribution is 0.176. The van der Waals surface area contributed by atoms with Gasteiger partial charge in [0, 0.05) is 30.9 Å². The Morgan fingerprint density at radius 2 is 1.52 bits per heavy atom. The van der Waals surface area contributed by atoms with Gasteiger partial charge in [0.05, 0.1) is 0 Å². The van der Waals surface area contributed by atoms with Crippen molar-refractivity contribution in [2.45, 2.75) is 67.0 Å². The molecule has 0 amide bonds. The molecule has 0 spiro atoms. The summed E-state index contributed by atoms with van der Waals surface area (Å²) in [6.07, 6.45) is 5.11. The molecule has 0 atom stereocenters. The maximum Gasteiger partial charge on any atom is 0.119 e. The average molecular weight is 425 g/mol. The van der Waals surface area contributed by atoms with Crippen LogP contribution in [-0.4, -0.2) is 66.7 Å². The van der Waals surface area contributed by atoms with E-state index in [9.17, 15) is 0 Å². The topological polar surface area (TPSA) is 15.7 Å². The van der Waals surface area contributed by atoms with Crippen molar-refractivity contribution >= 4 is 11.8 Å². The van der Waals surface area contributed by atoms with Crippen molar-refractivity contribution in [3.05, 3.63) is 43.0 Å². The summed E-state index contributed by atoms with van der Waals surface area (Å²) in [4.78, 5) is 4.93. The van der Waals surface area contributed by atoms with Crippen LogP contribution in [0.3, 0.4) is 0 Å². The summed E-state index contributed by atoms with van der Waals surface area (Å²) >= 11 is 1.92. The second-order valence-electron chi connectivity index (χ2n) is 7.41. The first kappa shape index (κ1) is 30.2. The third-order valence-electron chi connectivity index (χ3n) is 4.35. The molecule has 0 saturated heterocycles. The van der Waals surface area contributed by atoms with E-state index in [-0.39, 0.29) is 0 Å². The maximum absolute atomic E-state index is 5.69. The highest BCUT2D eigenvalue weighted by Gasteiger charge is 2.07. The van der Waals surface area contributed by atoms with E-state index in [1.165, 1.54) is 25.3 Å². The largest absolute Gasteiger partial charge is 0.492 e. The Morgan fingerprint density at radius 1 is 0.966 bits per heavy atom. The molecule has 4 heteroatoms. The minimum Gasteiger partial charge on any atom is -0.492 e. The number of hydrogen-bond acceptors (Lipinski definition) is 4. The Bertz CT molecular complexity index is 451. The van der Waals surface area contributed by atoms with Crippen molar-refractivity contribution in [2.24, 2.45) is 0 Å². The van der Waals surface area contributed by atoms with Gasteiger partial charge < -0.3 is 9.64 Å². The van der Waals surface area contributed by atoms with Gasteiger partial charge in [-0.3, -0.25) is 4.90 Å².